The van der Waals surface area contributed by atoms with Gasteiger partial charge in [0.25, 0.3) is 0 Å². The van der Waals surface area contributed by atoms with Crippen LogP contribution in [-0.2, 0) is 4.79 Å². The van der Waals surface area contributed by atoms with Crippen LogP contribution in [0, 0.1) is 11.8 Å². The molecule has 1 fully saturated rings. The average Bonchev–Trinajstić information content (AvgIpc) is 2.59. The Bertz CT molecular complexity index is 566. The minimum atomic E-state index is -0.641. The molecular weight excluding hydrogens is 348 g/mol. The van der Waals surface area contributed by atoms with Crippen molar-refractivity contribution in [1.82, 2.24) is 10.2 Å². The van der Waals surface area contributed by atoms with Crippen LogP contribution in [0.4, 0.5) is 0 Å². The van der Waals surface area contributed by atoms with E-state index in [2.05, 4.69) is 31.3 Å². The fourth-order valence-electron chi connectivity index (χ4n) is 3.64. The molecule has 0 saturated carbocycles. The van der Waals surface area contributed by atoms with Gasteiger partial charge in [-0.15, -0.1) is 0 Å². The fraction of sp³-hybridized carbons (Fsp3) is 0.667. The van der Waals surface area contributed by atoms with Gasteiger partial charge in [0.05, 0.1) is 6.04 Å². The summed E-state index contributed by atoms with van der Waals surface area (Å²) in [6.45, 7) is 9.71. The molecule has 4 nitrogen and oxygen atoms in total. The lowest BCUT2D eigenvalue weighted by molar-refractivity contribution is -0.137. The number of piperidine rings is 1. The number of amides is 1. The van der Waals surface area contributed by atoms with Crippen molar-refractivity contribution in [2.45, 2.75) is 65.1 Å². The number of halogens is 1. The molecule has 1 amide bonds. The summed E-state index contributed by atoms with van der Waals surface area (Å²) in [6, 6.07) is 7.71. The third kappa shape index (κ3) is 5.97. The topological polar surface area (TPSA) is 52.6 Å². The summed E-state index contributed by atoms with van der Waals surface area (Å²) >= 11 is 5.97. The van der Waals surface area contributed by atoms with E-state index in [-0.39, 0.29) is 17.9 Å². The van der Waals surface area contributed by atoms with Crippen molar-refractivity contribution >= 4 is 17.5 Å². The summed E-state index contributed by atoms with van der Waals surface area (Å²) in [5.41, 5.74) is 1.30. The number of hydrogen-bond acceptors (Lipinski definition) is 3. The summed E-state index contributed by atoms with van der Waals surface area (Å²) in [7, 11) is 0. The molecule has 0 bridgehead atoms. The van der Waals surface area contributed by atoms with E-state index in [0.717, 1.165) is 31.0 Å². The zero-order chi connectivity index (χ0) is 19.3. The van der Waals surface area contributed by atoms with Gasteiger partial charge in [-0.2, -0.15) is 0 Å². The number of aliphatic hydroxyl groups is 1. The maximum atomic E-state index is 13.0. The number of nitrogens with one attached hydrogen (secondary N) is 1. The zero-order valence-electron chi connectivity index (χ0n) is 16.4. The van der Waals surface area contributed by atoms with Crippen LogP contribution in [0.5, 0.6) is 0 Å². The lowest BCUT2D eigenvalue weighted by Gasteiger charge is -2.36. The molecule has 1 aliphatic rings. The average molecular weight is 381 g/mol. The first-order valence-electron chi connectivity index (χ1n) is 9.76. The maximum Gasteiger partial charge on any atom is 0.240 e. The van der Waals surface area contributed by atoms with Crippen molar-refractivity contribution in [2.24, 2.45) is 11.8 Å². The molecule has 0 spiro atoms. The van der Waals surface area contributed by atoms with Crippen molar-refractivity contribution in [1.29, 1.82) is 0 Å². The van der Waals surface area contributed by atoms with E-state index in [4.69, 9.17) is 11.6 Å². The lowest BCUT2D eigenvalue weighted by atomic mass is 9.89. The molecule has 2 rings (SSSR count). The van der Waals surface area contributed by atoms with Crippen LogP contribution in [0.1, 0.15) is 58.4 Å². The monoisotopic (exact) mass is 380 g/mol. The number of hydrogen-bond donors (Lipinski definition) is 2. The number of carbonyl (C=O) groups excluding carboxylic acids is 1. The Hall–Kier alpha value is -1.10. The largest absolute Gasteiger partial charge is 0.379 e. The Labute approximate surface area is 162 Å². The highest BCUT2D eigenvalue weighted by molar-refractivity contribution is 6.30. The summed E-state index contributed by atoms with van der Waals surface area (Å²) in [5.74, 6) is 1.11. The normalized spacial score (nSPS) is 18.4. The Morgan fingerprint density at radius 2 is 1.77 bits per heavy atom. The highest BCUT2D eigenvalue weighted by atomic mass is 35.5. The van der Waals surface area contributed by atoms with E-state index in [0.29, 0.717) is 18.3 Å². The van der Waals surface area contributed by atoms with Gasteiger partial charge in [-0.1, -0.05) is 51.4 Å². The van der Waals surface area contributed by atoms with E-state index in [1.165, 1.54) is 5.56 Å². The Morgan fingerprint density at radius 1 is 1.19 bits per heavy atom. The van der Waals surface area contributed by atoms with Crippen LogP contribution in [-0.4, -0.2) is 41.3 Å². The number of benzene rings is 1. The lowest BCUT2D eigenvalue weighted by Crippen LogP contribution is -2.54. The van der Waals surface area contributed by atoms with Gasteiger partial charge in [-0.05, 0) is 54.7 Å². The molecule has 146 valence electrons. The predicted molar refractivity (Wildman–Crippen MR) is 107 cm³/mol. The molecule has 1 heterocycles. The number of rotatable bonds is 7. The van der Waals surface area contributed by atoms with Crippen molar-refractivity contribution in [3.05, 3.63) is 34.9 Å². The third-order valence-electron chi connectivity index (χ3n) is 5.15. The van der Waals surface area contributed by atoms with Crippen LogP contribution in [0.15, 0.2) is 24.3 Å². The molecule has 1 aromatic carbocycles. The van der Waals surface area contributed by atoms with Crippen LogP contribution >= 0.6 is 11.6 Å². The molecule has 26 heavy (non-hydrogen) atoms. The van der Waals surface area contributed by atoms with Crippen LogP contribution in [0.3, 0.4) is 0 Å². The second kappa shape index (κ2) is 9.72. The Kier molecular flexibility index (Phi) is 7.93. The summed E-state index contributed by atoms with van der Waals surface area (Å²) in [5, 5.41) is 14.1. The Morgan fingerprint density at radius 3 is 2.27 bits per heavy atom. The van der Waals surface area contributed by atoms with Crippen molar-refractivity contribution < 1.29 is 9.90 Å². The second-order valence-corrected chi connectivity index (χ2v) is 8.62. The van der Waals surface area contributed by atoms with Crippen LogP contribution in [0.25, 0.3) is 0 Å². The van der Waals surface area contributed by atoms with Gasteiger partial charge < -0.3 is 10.0 Å². The van der Waals surface area contributed by atoms with Crippen molar-refractivity contribution in [3.8, 4) is 0 Å². The number of nitrogens with zero attached hydrogens (tertiary/aromatic N) is 1. The van der Waals surface area contributed by atoms with Gasteiger partial charge in [0, 0.05) is 18.1 Å². The zero-order valence-corrected chi connectivity index (χ0v) is 17.2. The fourth-order valence-corrected chi connectivity index (χ4v) is 3.76. The third-order valence-corrected chi connectivity index (χ3v) is 5.40. The van der Waals surface area contributed by atoms with E-state index in [1.807, 2.05) is 30.9 Å². The van der Waals surface area contributed by atoms with Gasteiger partial charge in [0.1, 0.15) is 6.23 Å². The highest BCUT2D eigenvalue weighted by Gasteiger charge is 2.31. The quantitative estimate of drug-likeness (QED) is 0.702. The van der Waals surface area contributed by atoms with Gasteiger partial charge in [0.15, 0.2) is 0 Å². The first kappa shape index (κ1) is 21.2. The molecular formula is C21H33ClN2O2. The minimum absolute atomic E-state index is 0.109. The molecule has 2 atom stereocenters. The SMILES string of the molecule is CC(C)C[C@@H](O)N[C@@H](C(=O)N1CCC(c2ccc(Cl)cc2)CC1)C(C)C. The molecule has 1 aliphatic heterocycles. The summed E-state index contributed by atoms with van der Waals surface area (Å²) < 4.78 is 0. The van der Waals surface area contributed by atoms with Gasteiger partial charge in [0.2, 0.25) is 5.91 Å². The minimum Gasteiger partial charge on any atom is -0.379 e. The molecule has 2 N–H and O–H groups in total. The van der Waals surface area contributed by atoms with Gasteiger partial charge in [-0.3, -0.25) is 10.1 Å². The van der Waals surface area contributed by atoms with Crippen LogP contribution in [0.2, 0.25) is 5.02 Å². The molecule has 0 unspecified atom stereocenters. The maximum absolute atomic E-state index is 13.0. The molecule has 1 aromatic rings. The number of likely N-dealkylation sites (tertiary alicyclic amines) is 1. The molecule has 0 radical (unpaired) electrons. The molecule has 5 heteroatoms. The summed E-state index contributed by atoms with van der Waals surface area (Å²) in [6.07, 6.45) is 1.94. The van der Waals surface area contributed by atoms with E-state index >= 15 is 0 Å². The number of aliphatic hydroxyl groups excluding tert-OH is 1. The first-order chi connectivity index (χ1) is 12.3. The molecule has 1 saturated heterocycles. The predicted octanol–water partition coefficient (Wildman–Crippen LogP) is 4.02. The van der Waals surface area contributed by atoms with Crippen molar-refractivity contribution in [2.75, 3.05) is 13.1 Å². The van der Waals surface area contributed by atoms with Gasteiger partial charge in [-0.25, -0.2) is 0 Å². The van der Waals surface area contributed by atoms with E-state index in [9.17, 15) is 9.90 Å². The van der Waals surface area contributed by atoms with Crippen LogP contribution < -0.4 is 5.32 Å². The molecule has 0 aliphatic carbocycles. The van der Waals surface area contributed by atoms with Gasteiger partial charge >= 0.3 is 0 Å². The summed E-state index contributed by atoms with van der Waals surface area (Å²) in [4.78, 5) is 14.9. The highest BCUT2D eigenvalue weighted by Crippen LogP contribution is 2.29. The standard InChI is InChI=1S/C21H33ClN2O2/c1-14(2)13-19(25)23-20(15(3)4)21(26)24-11-9-17(10-12-24)16-5-7-18(22)8-6-16/h5-8,14-15,17,19-20,23,25H,9-13H2,1-4H3/t19-,20-/m1/s1. The van der Waals surface area contributed by atoms with E-state index < -0.39 is 6.23 Å². The van der Waals surface area contributed by atoms with E-state index in [1.54, 1.807) is 0 Å². The first-order valence-corrected chi connectivity index (χ1v) is 10.1. The number of carbonyl (C=O) groups is 1. The second-order valence-electron chi connectivity index (χ2n) is 8.18. The molecule has 0 aromatic heterocycles. The Balaban J connectivity index is 1.93. The smallest absolute Gasteiger partial charge is 0.240 e. The van der Waals surface area contributed by atoms with Crippen molar-refractivity contribution in [3.63, 3.8) is 0 Å².